The third-order valence-corrected chi connectivity index (χ3v) is 8.84. The molecule has 1 spiro atoms. The second-order valence-electron chi connectivity index (χ2n) is 8.31. The van der Waals surface area contributed by atoms with Crippen LogP contribution in [0.15, 0.2) is 57.3 Å². The van der Waals surface area contributed by atoms with E-state index in [4.69, 9.17) is 9.98 Å². The molecule has 0 unspecified atom stereocenters. The Bertz CT molecular complexity index is 1140. The van der Waals surface area contributed by atoms with Crippen LogP contribution in [0, 0.1) is 20.8 Å². The van der Waals surface area contributed by atoms with E-state index in [1.807, 2.05) is 19.1 Å². The molecule has 2 aromatic rings. The number of benzene rings is 2. The lowest BCUT2D eigenvalue weighted by atomic mass is 10.00. The largest absolute Gasteiger partial charge is 0.252 e. The average Bonchev–Trinajstić information content (AvgIpc) is 3.08. The Hall–Kier alpha value is -1.96. The molecule has 0 atom stereocenters. The molecule has 2 aliphatic heterocycles. The molecule has 0 aromatic heterocycles. The third-order valence-electron chi connectivity index (χ3n) is 6.08. The maximum Gasteiger partial charge on any atom is 0.243 e. The van der Waals surface area contributed by atoms with E-state index in [0.29, 0.717) is 30.8 Å². The van der Waals surface area contributed by atoms with Crippen molar-refractivity contribution in [2.24, 2.45) is 9.98 Å². The van der Waals surface area contributed by atoms with E-state index in [1.165, 1.54) is 11.1 Å². The van der Waals surface area contributed by atoms with Crippen molar-refractivity contribution in [1.82, 2.24) is 4.31 Å². The number of hydrogen-bond donors (Lipinski definition) is 0. The summed E-state index contributed by atoms with van der Waals surface area (Å²) in [5.41, 5.74) is 5.03. The highest BCUT2D eigenvalue weighted by molar-refractivity contribution is 8.15. The molecule has 0 saturated carbocycles. The standard InChI is InChI=1S/C24H29N3O2S2/c1-5-30-23-22(20-9-8-18(3)19(4)16-20)25-24(26-23)12-14-27(15-13-24)31(28,29)21-10-6-17(2)7-11-21/h6-11,16H,5,12-15H2,1-4H3. The summed E-state index contributed by atoms with van der Waals surface area (Å²) in [5.74, 6) is 0.923. The van der Waals surface area contributed by atoms with Gasteiger partial charge in [0, 0.05) is 31.5 Å². The van der Waals surface area contributed by atoms with Gasteiger partial charge in [-0.3, -0.25) is 4.99 Å². The molecule has 0 N–H and O–H groups in total. The van der Waals surface area contributed by atoms with Crippen LogP contribution in [0.3, 0.4) is 0 Å². The number of aryl methyl sites for hydroxylation is 3. The topological polar surface area (TPSA) is 62.1 Å². The van der Waals surface area contributed by atoms with Crippen molar-refractivity contribution in [2.45, 2.75) is 51.1 Å². The first kappa shape index (κ1) is 22.2. The van der Waals surface area contributed by atoms with Crippen molar-refractivity contribution >= 4 is 32.5 Å². The minimum atomic E-state index is -3.49. The van der Waals surface area contributed by atoms with E-state index in [2.05, 4.69) is 39.0 Å². The van der Waals surface area contributed by atoms with E-state index >= 15 is 0 Å². The van der Waals surface area contributed by atoms with E-state index < -0.39 is 15.7 Å². The zero-order valence-electron chi connectivity index (χ0n) is 18.6. The Morgan fingerprint density at radius 3 is 2.26 bits per heavy atom. The van der Waals surface area contributed by atoms with Gasteiger partial charge in [0.15, 0.2) is 5.66 Å². The number of piperidine rings is 1. The molecule has 5 nitrogen and oxygen atoms in total. The first-order valence-electron chi connectivity index (χ1n) is 10.7. The highest BCUT2D eigenvalue weighted by Gasteiger charge is 2.42. The van der Waals surface area contributed by atoms with Crippen LogP contribution in [0.2, 0.25) is 0 Å². The van der Waals surface area contributed by atoms with Gasteiger partial charge < -0.3 is 0 Å². The van der Waals surface area contributed by atoms with Gasteiger partial charge in [-0.1, -0.05) is 36.8 Å². The lowest BCUT2D eigenvalue weighted by molar-refractivity contribution is 0.249. The Balaban J connectivity index is 1.58. The van der Waals surface area contributed by atoms with Gasteiger partial charge >= 0.3 is 0 Å². The predicted octanol–water partition coefficient (Wildman–Crippen LogP) is 4.75. The fraction of sp³-hybridized carbons (Fsp3) is 0.417. The SMILES string of the molecule is CCSC1=NC2(CCN(S(=O)(=O)c3ccc(C)cc3)CC2)N=C1c1ccc(C)c(C)c1. The summed E-state index contributed by atoms with van der Waals surface area (Å²) in [6, 6.07) is 13.5. The zero-order chi connectivity index (χ0) is 22.2. The summed E-state index contributed by atoms with van der Waals surface area (Å²) < 4.78 is 27.7. The molecule has 0 radical (unpaired) electrons. The Morgan fingerprint density at radius 1 is 0.968 bits per heavy atom. The molecule has 2 aromatic carbocycles. The number of sulfonamides is 1. The van der Waals surface area contributed by atoms with E-state index in [9.17, 15) is 8.42 Å². The third kappa shape index (κ3) is 4.36. The molecule has 164 valence electrons. The first-order chi connectivity index (χ1) is 14.7. The summed E-state index contributed by atoms with van der Waals surface area (Å²) >= 11 is 1.71. The van der Waals surface area contributed by atoms with Crippen LogP contribution in [0.4, 0.5) is 0 Å². The molecular weight excluding hydrogens is 426 g/mol. The minimum absolute atomic E-state index is 0.352. The number of aliphatic imine (C=N–C) groups is 2. The molecular formula is C24H29N3O2S2. The molecule has 0 bridgehead atoms. The lowest BCUT2D eigenvalue weighted by Gasteiger charge is -2.34. The van der Waals surface area contributed by atoms with Gasteiger partial charge in [-0.2, -0.15) is 4.31 Å². The van der Waals surface area contributed by atoms with Crippen LogP contribution < -0.4 is 0 Å². The average molecular weight is 456 g/mol. The second kappa shape index (κ2) is 8.52. The monoisotopic (exact) mass is 455 g/mol. The van der Waals surface area contributed by atoms with Gasteiger partial charge in [0.1, 0.15) is 5.04 Å². The molecule has 0 aliphatic carbocycles. The highest BCUT2D eigenvalue weighted by Crippen LogP contribution is 2.37. The number of hydrogen-bond acceptors (Lipinski definition) is 5. The molecule has 2 heterocycles. The van der Waals surface area contributed by atoms with Crippen molar-refractivity contribution in [3.8, 4) is 0 Å². The van der Waals surface area contributed by atoms with Gasteiger partial charge in [0.2, 0.25) is 10.0 Å². The van der Waals surface area contributed by atoms with Gasteiger partial charge in [0.05, 0.1) is 10.6 Å². The van der Waals surface area contributed by atoms with Gasteiger partial charge in [-0.15, -0.1) is 11.8 Å². The fourth-order valence-corrected chi connectivity index (χ4v) is 6.25. The smallest absolute Gasteiger partial charge is 0.243 e. The van der Waals surface area contributed by atoms with Gasteiger partial charge in [-0.25, -0.2) is 13.4 Å². The summed E-state index contributed by atoms with van der Waals surface area (Å²) in [6.45, 7) is 9.14. The Labute approximate surface area is 189 Å². The molecule has 31 heavy (non-hydrogen) atoms. The molecule has 1 fully saturated rings. The van der Waals surface area contributed by atoms with Crippen LogP contribution in [-0.4, -0.2) is 48.0 Å². The maximum atomic E-state index is 13.1. The van der Waals surface area contributed by atoms with Crippen LogP contribution in [0.5, 0.6) is 0 Å². The lowest BCUT2D eigenvalue weighted by Crippen LogP contribution is -2.44. The Morgan fingerprint density at radius 2 is 1.65 bits per heavy atom. The van der Waals surface area contributed by atoms with Crippen LogP contribution in [-0.2, 0) is 10.0 Å². The highest BCUT2D eigenvalue weighted by atomic mass is 32.2. The van der Waals surface area contributed by atoms with Crippen molar-refractivity contribution in [3.05, 3.63) is 64.7 Å². The molecule has 2 aliphatic rings. The molecule has 4 rings (SSSR count). The normalized spacial score (nSPS) is 18.8. The molecule has 7 heteroatoms. The number of rotatable bonds is 4. The summed E-state index contributed by atoms with van der Waals surface area (Å²) in [6.07, 6.45) is 1.19. The summed E-state index contributed by atoms with van der Waals surface area (Å²) in [5, 5.41) is 0.973. The van der Waals surface area contributed by atoms with Crippen LogP contribution in [0.25, 0.3) is 0 Å². The van der Waals surface area contributed by atoms with E-state index in [0.717, 1.165) is 27.6 Å². The van der Waals surface area contributed by atoms with Crippen molar-refractivity contribution < 1.29 is 8.42 Å². The van der Waals surface area contributed by atoms with E-state index in [-0.39, 0.29) is 0 Å². The number of thioether (sulfide) groups is 1. The summed E-state index contributed by atoms with van der Waals surface area (Å²) in [7, 11) is -3.49. The zero-order valence-corrected chi connectivity index (χ0v) is 20.2. The maximum absolute atomic E-state index is 13.1. The van der Waals surface area contributed by atoms with Gasteiger partial charge in [0.25, 0.3) is 0 Å². The van der Waals surface area contributed by atoms with Crippen molar-refractivity contribution in [3.63, 3.8) is 0 Å². The minimum Gasteiger partial charge on any atom is -0.252 e. The fourth-order valence-electron chi connectivity index (χ4n) is 4.00. The predicted molar refractivity (Wildman–Crippen MR) is 130 cm³/mol. The van der Waals surface area contributed by atoms with Crippen molar-refractivity contribution in [1.29, 1.82) is 0 Å². The van der Waals surface area contributed by atoms with Crippen LogP contribution >= 0.6 is 11.8 Å². The Kier molecular flexibility index (Phi) is 6.12. The summed E-state index contributed by atoms with van der Waals surface area (Å²) in [4.78, 5) is 10.5. The molecule has 0 amide bonds. The second-order valence-corrected chi connectivity index (χ2v) is 11.5. The molecule has 1 saturated heterocycles. The van der Waals surface area contributed by atoms with Crippen molar-refractivity contribution in [2.75, 3.05) is 18.8 Å². The van der Waals surface area contributed by atoms with Crippen LogP contribution in [0.1, 0.15) is 42.0 Å². The quantitative estimate of drug-likeness (QED) is 0.669. The van der Waals surface area contributed by atoms with Gasteiger partial charge in [-0.05, 0) is 55.9 Å². The first-order valence-corrected chi connectivity index (χ1v) is 13.1. The number of nitrogens with zero attached hydrogens (tertiary/aromatic N) is 3. The van der Waals surface area contributed by atoms with E-state index in [1.54, 1.807) is 28.2 Å².